The van der Waals surface area contributed by atoms with Crippen molar-refractivity contribution >= 4 is 11.6 Å². The summed E-state index contributed by atoms with van der Waals surface area (Å²) in [7, 11) is 0. The van der Waals surface area contributed by atoms with Crippen LogP contribution in [0.4, 0.5) is 11.6 Å². The lowest BCUT2D eigenvalue weighted by molar-refractivity contribution is -0.0202. The SMILES string of the molecule is Cc1nc(N)c(C)c(NCC2(O)CCC2)n1. The Hall–Kier alpha value is -1.36. The lowest BCUT2D eigenvalue weighted by Gasteiger charge is -2.36. The standard InChI is InChI=1S/C11H18N4O/c1-7-9(12)14-8(2)15-10(7)13-6-11(16)4-3-5-11/h16H,3-6H2,1-2H3,(H3,12,13,14,15). The van der Waals surface area contributed by atoms with Gasteiger partial charge in [0.05, 0.1) is 5.60 Å². The van der Waals surface area contributed by atoms with Crippen LogP contribution >= 0.6 is 0 Å². The van der Waals surface area contributed by atoms with Crippen LogP contribution in [0.15, 0.2) is 0 Å². The van der Waals surface area contributed by atoms with E-state index < -0.39 is 5.60 Å². The third kappa shape index (κ3) is 2.09. The van der Waals surface area contributed by atoms with E-state index in [1.807, 2.05) is 6.92 Å². The van der Waals surface area contributed by atoms with Gasteiger partial charge >= 0.3 is 0 Å². The Balaban J connectivity index is 2.09. The number of anilines is 2. The van der Waals surface area contributed by atoms with Crippen LogP contribution in [0.3, 0.4) is 0 Å². The molecule has 88 valence electrons. The van der Waals surface area contributed by atoms with Crippen molar-refractivity contribution in [2.45, 2.75) is 38.7 Å². The molecule has 5 nitrogen and oxygen atoms in total. The maximum atomic E-state index is 9.96. The summed E-state index contributed by atoms with van der Waals surface area (Å²) in [5, 5.41) is 13.1. The molecule has 0 atom stereocenters. The molecule has 0 amide bonds. The molecule has 0 bridgehead atoms. The summed E-state index contributed by atoms with van der Waals surface area (Å²) in [6, 6.07) is 0. The van der Waals surface area contributed by atoms with E-state index in [-0.39, 0.29) is 0 Å². The molecule has 1 heterocycles. The van der Waals surface area contributed by atoms with Crippen molar-refractivity contribution in [3.8, 4) is 0 Å². The van der Waals surface area contributed by atoms with E-state index in [0.717, 1.165) is 30.6 Å². The molecule has 5 heteroatoms. The Morgan fingerprint density at radius 1 is 1.38 bits per heavy atom. The zero-order chi connectivity index (χ0) is 11.8. The topological polar surface area (TPSA) is 84.1 Å². The predicted octanol–water partition coefficient (Wildman–Crippen LogP) is 1.00. The first-order chi connectivity index (χ1) is 7.50. The second kappa shape index (κ2) is 3.90. The summed E-state index contributed by atoms with van der Waals surface area (Å²) < 4.78 is 0. The molecule has 0 aromatic carbocycles. The summed E-state index contributed by atoms with van der Waals surface area (Å²) in [6.45, 7) is 4.21. The minimum atomic E-state index is -0.555. The van der Waals surface area contributed by atoms with Crippen LogP contribution in [0.2, 0.25) is 0 Å². The number of rotatable bonds is 3. The van der Waals surface area contributed by atoms with Crippen LogP contribution < -0.4 is 11.1 Å². The first kappa shape index (κ1) is 11.1. The van der Waals surface area contributed by atoms with Gasteiger partial charge in [-0.1, -0.05) is 0 Å². The minimum absolute atomic E-state index is 0.496. The van der Waals surface area contributed by atoms with Gasteiger partial charge in [0.15, 0.2) is 0 Å². The highest BCUT2D eigenvalue weighted by Gasteiger charge is 2.34. The fourth-order valence-corrected chi connectivity index (χ4v) is 1.83. The first-order valence-corrected chi connectivity index (χ1v) is 5.57. The average molecular weight is 222 g/mol. The Morgan fingerprint density at radius 2 is 2.06 bits per heavy atom. The number of hydrogen-bond acceptors (Lipinski definition) is 5. The van der Waals surface area contributed by atoms with Crippen LogP contribution in [0, 0.1) is 13.8 Å². The number of nitrogens with one attached hydrogen (secondary N) is 1. The highest BCUT2D eigenvalue weighted by molar-refractivity contribution is 5.54. The monoisotopic (exact) mass is 222 g/mol. The van der Waals surface area contributed by atoms with Gasteiger partial charge in [-0.25, -0.2) is 9.97 Å². The number of aliphatic hydroxyl groups is 1. The first-order valence-electron chi connectivity index (χ1n) is 5.57. The normalized spacial score (nSPS) is 17.9. The van der Waals surface area contributed by atoms with Crippen molar-refractivity contribution in [1.29, 1.82) is 0 Å². The van der Waals surface area contributed by atoms with Crippen LogP contribution in [-0.4, -0.2) is 27.2 Å². The number of nitrogens with zero attached hydrogens (tertiary/aromatic N) is 2. The predicted molar refractivity (Wildman–Crippen MR) is 63.2 cm³/mol. The summed E-state index contributed by atoms with van der Waals surface area (Å²) in [6.07, 6.45) is 2.82. The zero-order valence-electron chi connectivity index (χ0n) is 9.75. The molecule has 1 aliphatic carbocycles. The van der Waals surface area contributed by atoms with Crippen LogP contribution in [0.25, 0.3) is 0 Å². The van der Waals surface area contributed by atoms with Crippen LogP contribution in [0.5, 0.6) is 0 Å². The van der Waals surface area contributed by atoms with E-state index >= 15 is 0 Å². The molecule has 0 unspecified atom stereocenters. The lowest BCUT2D eigenvalue weighted by Crippen LogP contribution is -2.43. The smallest absolute Gasteiger partial charge is 0.134 e. The van der Waals surface area contributed by atoms with Crippen LogP contribution in [0.1, 0.15) is 30.7 Å². The Kier molecular flexibility index (Phi) is 2.71. The molecular formula is C11H18N4O. The summed E-state index contributed by atoms with van der Waals surface area (Å²) in [4.78, 5) is 8.36. The average Bonchev–Trinajstić information content (AvgIpc) is 2.18. The molecule has 4 N–H and O–H groups in total. The molecule has 1 fully saturated rings. The van der Waals surface area contributed by atoms with Crippen LogP contribution in [-0.2, 0) is 0 Å². The second-order valence-electron chi connectivity index (χ2n) is 4.56. The molecule has 0 spiro atoms. The van der Waals surface area contributed by atoms with E-state index in [1.165, 1.54) is 0 Å². The minimum Gasteiger partial charge on any atom is -0.388 e. The molecule has 1 saturated carbocycles. The van der Waals surface area contributed by atoms with Crippen molar-refractivity contribution in [2.24, 2.45) is 0 Å². The molecular weight excluding hydrogens is 204 g/mol. The van der Waals surface area contributed by atoms with Crippen molar-refractivity contribution in [3.05, 3.63) is 11.4 Å². The zero-order valence-corrected chi connectivity index (χ0v) is 9.75. The maximum Gasteiger partial charge on any atom is 0.134 e. The highest BCUT2D eigenvalue weighted by atomic mass is 16.3. The summed E-state index contributed by atoms with van der Waals surface area (Å²) >= 11 is 0. The van der Waals surface area contributed by atoms with Crippen molar-refractivity contribution < 1.29 is 5.11 Å². The molecule has 16 heavy (non-hydrogen) atoms. The Morgan fingerprint density at radius 3 is 2.62 bits per heavy atom. The van der Waals surface area contributed by atoms with Gasteiger partial charge in [-0.05, 0) is 33.1 Å². The van der Waals surface area contributed by atoms with E-state index in [0.29, 0.717) is 18.2 Å². The van der Waals surface area contributed by atoms with Crippen molar-refractivity contribution in [2.75, 3.05) is 17.6 Å². The molecule has 1 aromatic heterocycles. The highest BCUT2D eigenvalue weighted by Crippen LogP contribution is 2.31. The van der Waals surface area contributed by atoms with Gasteiger partial charge in [0.25, 0.3) is 0 Å². The van der Waals surface area contributed by atoms with Gasteiger partial charge in [-0.2, -0.15) is 0 Å². The van der Waals surface area contributed by atoms with Crippen molar-refractivity contribution in [1.82, 2.24) is 9.97 Å². The lowest BCUT2D eigenvalue weighted by atomic mass is 9.80. The molecule has 1 aromatic rings. The van der Waals surface area contributed by atoms with Gasteiger partial charge in [-0.15, -0.1) is 0 Å². The number of nitrogens with two attached hydrogens (primary N) is 1. The fourth-order valence-electron chi connectivity index (χ4n) is 1.83. The fraction of sp³-hybridized carbons (Fsp3) is 0.636. The molecule has 0 aliphatic heterocycles. The van der Waals surface area contributed by atoms with Crippen molar-refractivity contribution in [3.63, 3.8) is 0 Å². The quantitative estimate of drug-likeness (QED) is 0.710. The molecule has 1 aliphatic rings. The summed E-state index contributed by atoms with van der Waals surface area (Å²) in [5.74, 6) is 1.87. The Labute approximate surface area is 95.1 Å². The third-order valence-electron chi connectivity index (χ3n) is 3.16. The van der Waals surface area contributed by atoms with E-state index in [2.05, 4.69) is 15.3 Å². The van der Waals surface area contributed by atoms with Gasteiger partial charge in [0, 0.05) is 12.1 Å². The van der Waals surface area contributed by atoms with Gasteiger partial charge < -0.3 is 16.2 Å². The second-order valence-corrected chi connectivity index (χ2v) is 4.56. The molecule has 0 radical (unpaired) electrons. The van der Waals surface area contributed by atoms with E-state index in [9.17, 15) is 5.11 Å². The van der Waals surface area contributed by atoms with E-state index in [1.54, 1.807) is 6.92 Å². The number of hydrogen-bond donors (Lipinski definition) is 3. The third-order valence-corrected chi connectivity index (χ3v) is 3.16. The number of aromatic nitrogens is 2. The largest absolute Gasteiger partial charge is 0.388 e. The molecule has 2 rings (SSSR count). The van der Waals surface area contributed by atoms with E-state index in [4.69, 9.17) is 5.73 Å². The summed E-state index contributed by atoms with van der Waals surface area (Å²) in [5.41, 5.74) is 6.04. The van der Waals surface area contributed by atoms with Gasteiger partial charge in [0.1, 0.15) is 17.5 Å². The number of nitrogen functional groups attached to an aromatic ring is 1. The maximum absolute atomic E-state index is 9.96. The number of aryl methyl sites for hydroxylation is 1. The van der Waals surface area contributed by atoms with Gasteiger partial charge in [-0.3, -0.25) is 0 Å². The molecule has 0 saturated heterocycles. The Bertz CT molecular complexity index is 401. The van der Waals surface area contributed by atoms with Gasteiger partial charge in [0.2, 0.25) is 0 Å².